The number of ether oxygens (including phenoxy) is 1. The number of hydrogen-bond donors (Lipinski definition) is 0. The van der Waals surface area contributed by atoms with Gasteiger partial charge >= 0.3 is 5.97 Å². The number of carbonyl (C=O) groups is 1. The summed E-state index contributed by atoms with van der Waals surface area (Å²) in [5, 5.41) is 0.0150. The fourth-order valence-electron chi connectivity index (χ4n) is 2.39. The van der Waals surface area contributed by atoms with Gasteiger partial charge < -0.3 is 9.64 Å². The third-order valence-corrected chi connectivity index (χ3v) is 4.05. The largest absolute Gasteiger partial charge is 0.467 e. The number of methoxy groups -OCH3 is 1. The highest BCUT2D eigenvalue weighted by atomic mass is 35.5. The molecule has 0 atom stereocenters. The van der Waals surface area contributed by atoms with Crippen molar-refractivity contribution in [2.75, 3.05) is 12.0 Å². The standard InChI is InChI=1S/C18H19ClFNO2/c1-18(2,17(22)23-3)21(12-13-7-5-4-6-8-13)14-9-10-16(20)15(19)11-14/h4-11H,12H2,1-3H3. The number of halogens is 2. The first-order valence-corrected chi connectivity index (χ1v) is 7.59. The molecule has 0 saturated carbocycles. The third kappa shape index (κ3) is 3.82. The van der Waals surface area contributed by atoms with Crippen molar-refractivity contribution in [3.63, 3.8) is 0 Å². The molecule has 0 bridgehead atoms. The molecule has 0 aromatic heterocycles. The van der Waals surface area contributed by atoms with Crippen LogP contribution >= 0.6 is 11.6 Å². The van der Waals surface area contributed by atoms with Crippen molar-refractivity contribution in [1.29, 1.82) is 0 Å². The van der Waals surface area contributed by atoms with E-state index >= 15 is 0 Å². The summed E-state index contributed by atoms with van der Waals surface area (Å²) in [6.45, 7) is 3.99. The van der Waals surface area contributed by atoms with Crippen LogP contribution in [0.25, 0.3) is 0 Å². The van der Waals surface area contributed by atoms with E-state index in [1.165, 1.54) is 19.2 Å². The molecule has 0 unspecified atom stereocenters. The van der Waals surface area contributed by atoms with Crippen LogP contribution < -0.4 is 4.90 Å². The molecule has 0 aliphatic rings. The van der Waals surface area contributed by atoms with Crippen LogP contribution in [0.3, 0.4) is 0 Å². The molecule has 0 spiro atoms. The fraction of sp³-hybridized carbons (Fsp3) is 0.278. The van der Waals surface area contributed by atoms with Crippen molar-refractivity contribution in [3.8, 4) is 0 Å². The Morgan fingerprint density at radius 3 is 2.43 bits per heavy atom. The van der Waals surface area contributed by atoms with Crippen LogP contribution in [0.15, 0.2) is 48.5 Å². The molecular formula is C18H19ClFNO2. The van der Waals surface area contributed by atoms with Gasteiger partial charge in [0.05, 0.1) is 12.1 Å². The Kier molecular flexibility index (Phi) is 5.26. The van der Waals surface area contributed by atoms with Crippen molar-refractivity contribution in [2.24, 2.45) is 0 Å². The third-order valence-electron chi connectivity index (χ3n) is 3.76. The summed E-state index contributed by atoms with van der Waals surface area (Å²) >= 11 is 5.91. The first kappa shape index (κ1) is 17.3. The highest BCUT2D eigenvalue weighted by Crippen LogP contribution is 2.30. The fourth-order valence-corrected chi connectivity index (χ4v) is 2.57. The summed E-state index contributed by atoms with van der Waals surface area (Å²) < 4.78 is 18.4. The van der Waals surface area contributed by atoms with Crippen LogP contribution in [-0.4, -0.2) is 18.6 Å². The second-order valence-corrected chi connectivity index (χ2v) is 6.13. The zero-order chi connectivity index (χ0) is 17.0. The topological polar surface area (TPSA) is 29.5 Å². The van der Waals surface area contributed by atoms with Gasteiger partial charge in [-0.05, 0) is 37.6 Å². The monoisotopic (exact) mass is 335 g/mol. The molecule has 0 heterocycles. The zero-order valence-corrected chi connectivity index (χ0v) is 14.1. The molecule has 3 nitrogen and oxygen atoms in total. The van der Waals surface area contributed by atoms with Gasteiger partial charge in [0.1, 0.15) is 11.4 Å². The van der Waals surface area contributed by atoms with E-state index < -0.39 is 11.4 Å². The van der Waals surface area contributed by atoms with Gasteiger partial charge in [0.15, 0.2) is 0 Å². The van der Waals surface area contributed by atoms with E-state index in [-0.39, 0.29) is 11.0 Å². The Morgan fingerprint density at radius 2 is 1.87 bits per heavy atom. The first-order chi connectivity index (χ1) is 10.9. The molecular weight excluding hydrogens is 317 g/mol. The molecule has 2 rings (SSSR count). The number of benzene rings is 2. The molecule has 122 valence electrons. The molecule has 0 aliphatic heterocycles. The average molecular weight is 336 g/mol. The maximum atomic E-state index is 13.5. The lowest BCUT2D eigenvalue weighted by Crippen LogP contribution is -2.50. The molecule has 0 amide bonds. The van der Waals surface area contributed by atoms with Crippen molar-refractivity contribution in [3.05, 3.63) is 64.9 Å². The second kappa shape index (κ2) is 7.01. The zero-order valence-electron chi connectivity index (χ0n) is 13.3. The van der Waals surface area contributed by atoms with Crippen molar-refractivity contribution >= 4 is 23.3 Å². The van der Waals surface area contributed by atoms with E-state index in [0.717, 1.165) is 5.56 Å². The highest BCUT2D eigenvalue weighted by Gasteiger charge is 2.36. The minimum atomic E-state index is -0.939. The summed E-state index contributed by atoms with van der Waals surface area (Å²) in [6, 6.07) is 14.1. The average Bonchev–Trinajstić information content (AvgIpc) is 2.55. The minimum absolute atomic E-state index is 0.0150. The van der Waals surface area contributed by atoms with E-state index in [0.29, 0.717) is 12.2 Å². The second-order valence-electron chi connectivity index (χ2n) is 5.72. The molecule has 5 heteroatoms. The SMILES string of the molecule is COC(=O)C(C)(C)N(Cc1ccccc1)c1ccc(F)c(Cl)c1. The molecule has 2 aromatic carbocycles. The van der Waals surface area contributed by atoms with Gasteiger partial charge in [0.25, 0.3) is 0 Å². The molecule has 2 aromatic rings. The quantitative estimate of drug-likeness (QED) is 0.757. The number of anilines is 1. The van der Waals surface area contributed by atoms with Crippen LogP contribution in [0.4, 0.5) is 10.1 Å². The van der Waals surface area contributed by atoms with E-state index in [1.54, 1.807) is 19.9 Å². The maximum Gasteiger partial charge on any atom is 0.331 e. The van der Waals surface area contributed by atoms with Gasteiger partial charge in [0, 0.05) is 12.2 Å². The van der Waals surface area contributed by atoms with Crippen molar-refractivity contribution < 1.29 is 13.9 Å². The summed E-state index contributed by atoms with van der Waals surface area (Å²) in [5.41, 5.74) is 0.728. The highest BCUT2D eigenvalue weighted by molar-refractivity contribution is 6.31. The minimum Gasteiger partial charge on any atom is -0.467 e. The number of esters is 1. The van der Waals surface area contributed by atoms with Crippen molar-refractivity contribution in [1.82, 2.24) is 0 Å². The van der Waals surface area contributed by atoms with Gasteiger partial charge in [-0.25, -0.2) is 9.18 Å². The van der Waals surface area contributed by atoms with Gasteiger partial charge in [-0.1, -0.05) is 41.9 Å². The summed E-state index contributed by atoms with van der Waals surface area (Å²) in [5.74, 6) is -0.875. The van der Waals surface area contributed by atoms with Crippen LogP contribution in [0, 0.1) is 5.82 Å². The van der Waals surface area contributed by atoms with Gasteiger partial charge in [0.2, 0.25) is 0 Å². The van der Waals surface area contributed by atoms with Crippen LogP contribution in [0.2, 0.25) is 5.02 Å². The molecule has 23 heavy (non-hydrogen) atoms. The predicted octanol–water partition coefficient (Wildman–Crippen LogP) is 4.44. The summed E-state index contributed by atoms with van der Waals surface area (Å²) in [6.07, 6.45) is 0. The molecule has 0 saturated heterocycles. The van der Waals surface area contributed by atoms with Gasteiger partial charge in [-0.3, -0.25) is 0 Å². The number of carbonyl (C=O) groups excluding carboxylic acids is 1. The summed E-state index contributed by atoms with van der Waals surface area (Å²) in [7, 11) is 1.35. The van der Waals surface area contributed by atoms with E-state index in [2.05, 4.69) is 0 Å². The van der Waals surface area contributed by atoms with E-state index in [4.69, 9.17) is 16.3 Å². The van der Waals surface area contributed by atoms with Crippen LogP contribution in [0.1, 0.15) is 19.4 Å². The molecule has 0 radical (unpaired) electrons. The lowest BCUT2D eigenvalue weighted by atomic mass is 10.00. The lowest BCUT2D eigenvalue weighted by molar-refractivity contribution is -0.145. The maximum absolute atomic E-state index is 13.5. The normalized spacial score (nSPS) is 11.2. The lowest BCUT2D eigenvalue weighted by Gasteiger charge is -2.38. The number of hydrogen-bond acceptors (Lipinski definition) is 3. The smallest absolute Gasteiger partial charge is 0.331 e. The number of nitrogens with zero attached hydrogens (tertiary/aromatic N) is 1. The first-order valence-electron chi connectivity index (χ1n) is 7.21. The number of rotatable bonds is 5. The summed E-state index contributed by atoms with van der Waals surface area (Å²) in [4.78, 5) is 14.1. The Hall–Kier alpha value is -2.07. The Balaban J connectivity index is 2.46. The van der Waals surface area contributed by atoms with Gasteiger partial charge in [-0.15, -0.1) is 0 Å². The van der Waals surface area contributed by atoms with E-state index in [1.807, 2.05) is 35.2 Å². The van der Waals surface area contributed by atoms with Gasteiger partial charge in [-0.2, -0.15) is 0 Å². The Labute approximate surface area is 140 Å². The van der Waals surface area contributed by atoms with Crippen LogP contribution in [-0.2, 0) is 16.1 Å². The van der Waals surface area contributed by atoms with E-state index in [9.17, 15) is 9.18 Å². The Morgan fingerprint density at radius 1 is 1.22 bits per heavy atom. The Bertz CT molecular complexity index is 689. The molecule has 0 fully saturated rings. The molecule has 0 aliphatic carbocycles. The predicted molar refractivity (Wildman–Crippen MR) is 90.1 cm³/mol. The van der Waals surface area contributed by atoms with Crippen LogP contribution in [0.5, 0.6) is 0 Å². The van der Waals surface area contributed by atoms with Crippen molar-refractivity contribution in [2.45, 2.75) is 25.9 Å². The molecule has 0 N–H and O–H groups in total.